The molecule has 0 radical (unpaired) electrons. The minimum Gasteiger partial charge on any atom is -0.481 e. The molecule has 212 valence electrons. The highest BCUT2D eigenvalue weighted by Crippen LogP contribution is 2.46. The zero-order valence-corrected chi connectivity index (χ0v) is 23.9. The lowest BCUT2D eigenvalue weighted by Gasteiger charge is -2.28. The van der Waals surface area contributed by atoms with E-state index in [-0.39, 0.29) is 11.4 Å². The number of aliphatic hydroxyl groups is 1. The van der Waals surface area contributed by atoms with Crippen LogP contribution in [0.1, 0.15) is 78.1 Å². The van der Waals surface area contributed by atoms with E-state index in [1.807, 2.05) is 0 Å². The molecule has 1 aromatic heterocycles. The van der Waals surface area contributed by atoms with Gasteiger partial charge in [0.2, 0.25) is 5.88 Å². The quantitative estimate of drug-likeness (QED) is 0.338. The summed E-state index contributed by atoms with van der Waals surface area (Å²) < 4.78 is 5.37. The molecule has 2 aromatic carbocycles. The lowest BCUT2D eigenvalue weighted by atomic mass is 9.95. The third-order valence-electron chi connectivity index (χ3n) is 8.20. The summed E-state index contributed by atoms with van der Waals surface area (Å²) in [5, 5.41) is 21.6. The van der Waals surface area contributed by atoms with Crippen molar-refractivity contribution in [1.29, 1.82) is 0 Å². The second kappa shape index (κ2) is 12.4. The zero-order chi connectivity index (χ0) is 28.1. The molecule has 4 bridgehead atoms. The van der Waals surface area contributed by atoms with E-state index in [2.05, 4.69) is 83.3 Å². The molecule has 0 unspecified atom stereocenters. The monoisotopic (exact) mass is 542 g/mol. The molecular formula is C33H42N4O3. The van der Waals surface area contributed by atoms with Gasteiger partial charge in [-0.15, -0.1) is 0 Å². The van der Waals surface area contributed by atoms with E-state index in [0.29, 0.717) is 36.1 Å². The predicted octanol–water partition coefficient (Wildman–Crippen LogP) is 4.94. The molecule has 2 atom stereocenters. The number of benzene rings is 2. The Morgan fingerprint density at radius 3 is 2.65 bits per heavy atom. The number of methoxy groups -OCH3 is 1. The average Bonchev–Trinajstić information content (AvgIpc) is 3.76. The van der Waals surface area contributed by atoms with Gasteiger partial charge in [-0.05, 0) is 72.8 Å². The summed E-state index contributed by atoms with van der Waals surface area (Å²) in [6, 6.07) is 20.2. The topological polar surface area (TPSA) is 95.5 Å². The highest BCUT2D eigenvalue weighted by atomic mass is 16.5. The maximum Gasteiger partial charge on any atom is 0.251 e. The van der Waals surface area contributed by atoms with Crippen LogP contribution in [-0.4, -0.2) is 48.3 Å². The number of ether oxygens (including phenoxy) is 1. The van der Waals surface area contributed by atoms with Crippen LogP contribution in [0.3, 0.4) is 0 Å². The highest BCUT2D eigenvalue weighted by Gasteiger charge is 2.44. The fraction of sp³-hybridized carbons (Fsp3) is 0.455. The Hall–Kier alpha value is -3.42. The lowest BCUT2D eigenvalue weighted by molar-refractivity contribution is 0.0821. The molecular weight excluding hydrogens is 500 g/mol. The Labute approximate surface area is 237 Å². The van der Waals surface area contributed by atoms with Crippen molar-refractivity contribution in [3.05, 3.63) is 88.5 Å². The van der Waals surface area contributed by atoms with Crippen LogP contribution in [0.2, 0.25) is 0 Å². The first-order valence-electron chi connectivity index (χ1n) is 14.6. The molecule has 2 aliphatic rings. The number of carbonyl (C=O) groups is 1. The fourth-order valence-electron chi connectivity index (χ4n) is 5.53. The van der Waals surface area contributed by atoms with E-state index in [9.17, 15) is 9.90 Å². The summed E-state index contributed by atoms with van der Waals surface area (Å²) in [5.74, 6) is 1.19. The summed E-state index contributed by atoms with van der Waals surface area (Å²) in [7, 11) is 1.55. The van der Waals surface area contributed by atoms with Gasteiger partial charge in [-0.2, -0.15) is 4.98 Å². The predicted molar refractivity (Wildman–Crippen MR) is 159 cm³/mol. The van der Waals surface area contributed by atoms with Crippen molar-refractivity contribution < 1.29 is 14.6 Å². The van der Waals surface area contributed by atoms with Crippen LogP contribution in [0.4, 0.5) is 5.82 Å². The third-order valence-corrected chi connectivity index (χ3v) is 8.20. The average molecular weight is 543 g/mol. The lowest BCUT2D eigenvalue weighted by Crippen LogP contribution is -2.50. The highest BCUT2D eigenvalue weighted by molar-refractivity contribution is 5.95. The molecule has 4 N–H and O–H groups in total. The number of anilines is 1. The Balaban J connectivity index is 1.38. The van der Waals surface area contributed by atoms with Crippen molar-refractivity contribution in [2.45, 2.75) is 76.0 Å². The maximum atomic E-state index is 13.5. The maximum absolute atomic E-state index is 13.5. The molecule has 1 aliphatic heterocycles. The second-order valence-corrected chi connectivity index (χ2v) is 11.6. The summed E-state index contributed by atoms with van der Waals surface area (Å²) in [4.78, 5) is 18.0. The molecule has 7 nitrogen and oxygen atoms in total. The van der Waals surface area contributed by atoms with Crippen LogP contribution < -0.4 is 20.7 Å². The van der Waals surface area contributed by atoms with E-state index in [4.69, 9.17) is 4.74 Å². The number of nitrogens with zero attached hydrogens (tertiary/aromatic N) is 1. The van der Waals surface area contributed by atoms with Crippen molar-refractivity contribution in [1.82, 2.24) is 15.6 Å². The second-order valence-electron chi connectivity index (χ2n) is 11.6. The van der Waals surface area contributed by atoms with Crippen LogP contribution in [0.15, 0.2) is 60.7 Å². The summed E-state index contributed by atoms with van der Waals surface area (Å²) in [6.45, 7) is 5.55. The minimum absolute atomic E-state index is 0.116. The summed E-state index contributed by atoms with van der Waals surface area (Å²) >= 11 is 0. The van der Waals surface area contributed by atoms with Crippen molar-refractivity contribution in [3.63, 3.8) is 0 Å². The molecule has 2 heterocycles. The number of amides is 1. The van der Waals surface area contributed by atoms with Crippen molar-refractivity contribution >= 4 is 11.7 Å². The first-order valence-corrected chi connectivity index (χ1v) is 14.6. The van der Waals surface area contributed by atoms with E-state index in [1.54, 1.807) is 19.2 Å². The van der Waals surface area contributed by atoms with Crippen molar-refractivity contribution in [2.24, 2.45) is 0 Å². The van der Waals surface area contributed by atoms with Crippen LogP contribution in [-0.2, 0) is 18.4 Å². The number of aryl methyl sites for hydroxylation is 1. The van der Waals surface area contributed by atoms with Gasteiger partial charge in [-0.3, -0.25) is 4.79 Å². The molecule has 5 rings (SSSR count). The van der Waals surface area contributed by atoms with Crippen LogP contribution >= 0.6 is 0 Å². The number of rotatable bonds is 7. The van der Waals surface area contributed by atoms with E-state index in [1.165, 1.54) is 16.7 Å². The number of fused-ring (bicyclic) bond motifs is 4. The molecule has 0 saturated heterocycles. The first kappa shape index (κ1) is 28.1. The molecule has 1 saturated carbocycles. The van der Waals surface area contributed by atoms with Gasteiger partial charge in [0.1, 0.15) is 5.82 Å². The Morgan fingerprint density at radius 1 is 1.07 bits per heavy atom. The number of aromatic nitrogens is 1. The zero-order valence-electron chi connectivity index (χ0n) is 23.9. The van der Waals surface area contributed by atoms with Gasteiger partial charge in [-0.1, -0.05) is 62.4 Å². The van der Waals surface area contributed by atoms with Crippen LogP contribution in [0, 0.1) is 0 Å². The Morgan fingerprint density at radius 2 is 1.88 bits per heavy atom. The van der Waals surface area contributed by atoms with Crippen molar-refractivity contribution in [3.8, 4) is 5.88 Å². The fourth-order valence-corrected chi connectivity index (χ4v) is 5.53. The summed E-state index contributed by atoms with van der Waals surface area (Å²) in [5.41, 5.74) is 5.30. The molecule has 1 amide bonds. The molecule has 0 spiro atoms. The van der Waals surface area contributed by atoms with Gasteiger partial charge < -0.3 is 25.8 Å². The van der Waals surface area contributed by atoms with Gasteiger partial charge in [0.05, 0.1) is 19.3 Å². The molecule has 40 heavy (non-hydrogen) atoms. The Kier molecular flexibility index (Phi) is 8.72. The number of nitrogens with one attached hydrogen (secondary N) is 3. The summed E-state index contributed by atoms with van der Waals surface area (Å²) in [6.07, 6.45) is 4.83. The molecule has 1 aliphatic carbocycles. The Bertz CT molecular complexity index is 1320. The SMILES string of the molecule is COc1cc2cc(n1)NCCCCc1cccc(c1)C[C@@H]([C@H](O)CNC1(c3cccc(C(C)C)c3)CC1)NC2=O. The number of hydrogen-bond donors (Lipinski definition) is 4. The smallest absolute Gasteiger partial charge is 0.251 e. The largest absolute Gasteiger partial charge is 0.481 e. The number of hydrogen-bond acceptors (Lipinski definition) is 6. The van der Waals surface area contributed by atoms with Gasteiger partial charge in [-0.25, -0.2) is 0 Å². The minimum atomic E-state index is -0.782. The number of aliphatic hydroxyl groups excluding tert-OH is 1. The van der Waals surface area contributed by atoms with E-state index >= 15 is 0 Å². The van der Waals surface area contributed by atoms with Crippen LogP contribution in [0.5, 0.6) is 5.88 Å². The standard InChI is InChI=1S/C33H42N4O3/c1-22(2)25-11-7-12-27(18-25)33(13-14-33)35-21-29(38)28-17-24-10-6-9-23(16-24)8-4-5-15-34-30-19-26(32(39)36-28)20-31(37-30)40-3/h6-7,9-12,16,18-20,22,28-29,35,38H,4-5,8,13-15,17,21H2,1-3H3,(H,34,37)(H,36,39)/t28-,29+/m0/s1. The van der Waals surface area contributed by atoms with Gasteiger partial charge in [0.25, 0.3) is 5.91 Å². The number of carbonyl (C=O) groups excluding carboxylic acids is 1. The molecule has 7 heteroatoms. The van der Waals surface area contributed by atoms with Gasteiger partial charge >= 0.3 is 0 Å². The van der Waals surface area contributed by atoms with E-state index < -0.39 is 12.1 Å². The third kappa shape index (κ3) is 6.83. The van der Waals surface area contributed by atoms with Gasteiger partial charge in [0.15, 0.2) is 0 Å². The number of pyridine rings is 1. The van der Waals surface area contributed by atoms with E-state index in [0.717, 1.165) is 44.2 Å². The van der Waals surface area contributed by atoms with Gasteiger partial charge in [0, 0.05) is 30.3 Å². The first-order chi connectivity index (χ1) is 19.3. The molecule has 1 fully saturated rings. The van der Waals surface area contributed by atoms with Crippen molar-refractivity contribution in [2.75, 3.05) is 25.5 Å². The van der Waals surface area contributed by atoms with Crippen LogP contribution in [0.25, 0.3) is 0 Å². The molecule has 3 aromatic rings. The normalized spacial score (nSPS) is 19.5.